The fourth-order valence-corrected chi connectivity index (χ4v) is 2.89. The van der Waals surface area contributed by atoms with Gasteiger partial charge in [-0.3, -0.25) is 4.68 Å². The number of urea groups is 1. The third kappa shape index (κ3) is 4.40. The van der Waals surface area contributed by atoms with Crippen LogP contribution >= 0.6 is 0 Å². The molecule has 2 amide bonds. The molecule has 10 heteroatoms. The fraction of sp³-hybridized carbons (Fsp3) is 0.467. The molecule has 1 saturated heterocycles. The molecule has 0 aliphatic carbocycles. The number of piperidine rings is 1. The number of likely N-dealkylation sites (tertiary alicyclic amines) is 1. The van der Waals surface area contributed by atoms with Gasteiger partial charge in [-0.1, -0.05) is 0 Å². The van der Waals surface area contributed by atoms with Crippen molar-refractivity contribution >= 4 is 17.7 Å². The molecule has 0 saturated carbocycles. The van der Waals surface area contributed by atoms with Gasteiger partial charge in [0.05, 0.1) is 17.6 Å². The number of amides is 2. The molecular weight excluding hydrogens is 332 g/mol. The molecule has 1 aliphatic heterocycles. The van der Waals surface area contributed by atoms with Crippen molar-refractivity contribution in [1.29, 1.82) is 0 Å². The molecule has 0 spiro atoms. The Labute approximate surface area is 143 Å². The summed E-state index contributed by atoms with van der Waals surface area (Å²) in [7, 11) is 0. The molecule has 0 bridgehead atoms. The van der Waals surface area contributed by atoms with Crippen molar-refractivity contribution in [3.63, 3.8) is 0 Å². The zero-order valence-electron chi connectivity index (χ0n) is 13.5. The van der Waals surface area contributed by atoms with Gasteiger partial charge in [0.1, 0.15) is 6.54 Å². The number of aromatic nitrogens is 4. The van der Waals surface area contributed by atoms with Crippen LogP contribution in [-0.2, 0) is 6.54 Å². The number of halogens is 2. The van der Waals surface area contributed by atoms with E-state index in [0.717, 1.165) is 23.2 Å². The van der Waals surface area contributed by atoms with Crippen LogP contribution in [0.15, 0.2) is 24.7 Å². The number of carbonyl (C=O) groups excluding carboxylic acids is 1. The second-order valence-electron chi connectivity index (χ2n) is 5.90. The molecule has 25 heavy (non-hydrogen) atoms. The summed E-state index contributed by atoms with van der Waals surface area (Å²) in [5.74, 6) is 0.303. The highest BCUT2D eigenvalue weighted by Crippen LogP contribution is 2.26. The first kappa shape index (κ1) is 17.1. The van der Waals surface area contributed by atoms with Crippen LogP contribution in [0.4, 0.5) is 25.2 Å². The number of anilines is 2. The minimum Gasteiger partial charge on any atom is -0.368 e. The van der Waals surface area contributed by atoms with Crippen molar-refractivity contribution in [3.05, 3.63) is 30.4 Å². The monoisotopic (exact) mass is 351 g/mol. The van der Waals surface area contributed by atoms with E-state index in [0.29, 0.717) is 18.8 Å². The summed E-state index contributed by atoms with van der Waals surface area (Å²) in [4.78, 5) is 22.2. The Hall–Kier alpha value is -2.78. The number of hydrogen-bond donors (Lipinski definition) is 2. The Morgan fingerprint density at radius 3 is 3.08 bits per heavy atom. The van der Waals surface area contributed by atoms with E-state index in [4.69, 9.17) is 5.73 Å². The van der Waals surface area contributed by atoms with Gasteiger partial charge in [0.25, 0.3) is 6.43 Å². The van der Waals surface area contributed by atoms with Crippen molar-refractivity contribution in [2.75, 3.05) is 24.1 Å². The highest BCUT2D eigenvalue weighted by molar-refractivity contribution is 5.89. The Balaban J connectivity index is 1.61. The molecule has 134 valence electrons. The van der Waals surface area contributed by atoms with Gasteiger partial charge in [-0.15, -0.1) is 0 Å². The van der Waals surface area contributed by atoms with E-state index in [9.17, 15) is 13.6 Å². The van der Waals surface area contributed by atoms with Crippen LogP contribution in [0, 0.1) is 0 Å². The zero-order chi connectivity index (χ0) is 17.8. The molecule has 2 aromatic heterocycles. The summed E-state index contributed by atoms with van der Waals surface area (Å²) < 4.78 is 25.8. The van der Waals surface area contributed by atoms with Gasteiger partial charge in [-0.05, 0) is 18.9 Å². The second-order valence-corrected chi connectivity index (χ2v) is 5.90. The SMILES string of the molecule is Nc1nccc(C2CCCN(C(=O)Nc3cnn(CC(F)F)c3)C2)n1. The normalized spacial score (nSPS) is 17.7. The van der Waals surface area contributed by atoms with Crippen molar-refractivity contribution in [2.24, 2.45) is 0 Å². The average molecular weight is 351 g/mol. The lowest BCUT2D eigenvalue weighted by Gasteiger charge is -2.32. The van der Waals surface area contributed by atoms with E-state index in [1.807, 2.05) is 0 Å². The van der Waals surface area contributed by atoms with E-state index in [2.05, 4.69) is 20.4 Å². The minimum absolute atomic E-state index is 0.0892. The van der Waals surface area contributed by atoms with Crippen LogP contribution in [0.2, 0.25) is 0 Å². The summed E-state index contributed by atoms with van der Waals surface area (Å²) in [5, 5.41) is 6.49. The van der Waals surface area contributed by atoms with E-state index in [1.54, 1.807) is 17.2 Å². The molecule has 0 radical (unpaired) electrons. The van der Waals surface area contributed by atoms with Crippen molar-refractivity contribution in [1.82, 2.24) is 24.6 Å². The molecule has 1 unspecified atom stereocenters. The third-order valence-electron chi connectivity index (χ3n) is 4.03. The Bertz CT molecular complexity index is 736. The average Bonchev–Trinajstić information content (AvgIpc) is 3.01. The van der Waals surface area contributed by atoms with Crippen LogP contribution in [0.5, 0.6) is 0 Å². The summed E-state index contributed by atoms with van der Waals surface area (Å²) >= 11 is 0. The smallest absolute Gasteiger partial charge is 0.321 e. The molecule has 3 N–H and O–H groups in total. The minimum atomic E-state index is -2.49. The van der Waals surface area contributed by atoms with Gasteiger partial charge in [0.15, 0.2) is 0 Å². The molecule has 3 heterocycles. The highest BCUT2D eigenvalue weighted by atomic mass is 19.3. The van der Waals surface area contributed by atoms with Crippen molar-refractivity contribution in [3.8, 4) is 0 Å². The maximum absolute atomic E-state index is 12.4. The number of rotatable bonds is 4. The van der Waals surface area contributed by atoms with Crippen LogP contribution in [0.25, 0.3) is 0 Å². The molecule has 1 atom stereocenters. The van der Waals surface area contributed by atoms with Gasteiger partial charge in [0.2, 0.25) is 5.95 Å². The molecule has 2 aromatic rings. The predicted molar refractivity (Wildman–Crippen MR) is 87.2 cm³/mol. The maximum atomic E-state index is 12.4. The van der Waals surface area contributed by atoms with Gasteiger partial charge in [-0.2, -0.15) is 5.10 Å². The van der Waals surface area contributed by atoms with Crippen LogP contribution in [-0.4, -0.2) is 50.2 Å². The van der Waals surface area contributed by atoms with E-state index >= 15 is 0 Å². The lowest BCUT2D eigenvalue weighted by Crippen LogP contribution is -2.41. The van der Waals surface area contributed by atoms with Crippen LogP contribution < -0.4 is 11.1 Å². The van der Waals surface area contributed by atoms with Gasteiger partial charge in [0, 0.05) is 31.4 Å². The quantitative estimate of drug-likeness (QED) is 0.876. The Kier molecular flexibility index (Phi) is 5.05. The first-order chi connectivity index (χ1) is 12.0. The second kappa shape index (κ2) is 7.41. The van der Waals surface area contributed by atoms with Crippen LogP contribution in [0.1, 0.15) is 24.5 Å². The fourth-order valence-electron chi connectivity index (χ4n) is 2.89. The highest BCUT2D eigenvalue weighted by Gasteiger charge is 2.26. The summed E-state index contributed by atoms with van der Waals surface area (Å²) in [6.07, 6.45) is 3.60. The maximum Gasteiger partial charge on any atom is 0.321 e. The zero-order valence-corrected chi connectivity index (χ0v) is 13.5. The first-order valence-electron chi connectivity index (χ1n) is 7.96. The van der Waals surface area contributed by atoms with Gasteiger partial charge >= 0.3 is 6.03 Å². The number of hydrogen-bond acceptors (Lipinski definition) is 5. The summed E-state index contributed by atoms with van der Waals surface area (Å²) in [6, 6.07) is 1.51. The van der Waals surface area contributed by atoms with E-state index < -0.39 is 13.0 Å². The van der Waals surface area contributed by atoms with Crippen LogP contribution in [0.3, 0.4) is 0 Å². The van der Waals surface area contributed by atoms with E-state index in [1.165, 1.54) is 12.4 Å². The first-order valence-corrected chi connectivity index (χ1v) is 7.96. The number of nitrogen functional groups attached to an aromatic ring is 1. The molecule has 8 nitrogen and oxygen atoms in total. The van der Waals surface area contributed by atoms with Crippen molar-refractivity contribution in [2.45, 2.75) is 31.7 Å². The number of nitrogens with one attached hydrogen (secondary N) is 1. The topological polar surface area (TPSA) is 102 Å². The number of nitrogens with two attached hydrogens (primary N) is 1. The third-order valence-corrected chi connectivity index (χ3v) is 4.03. The molecular formula is C15H19F2N7O. The largest absolute Gasteiger partial charge is 0.368 e. The van der Waals surface area contributed by atoms with Gasteiger partial charge < -0.3 is 16.0 Å². The van der Waals surface area contributed by atoms with Crippen molar-refractivity contribution < 1.29 is 13.6 Å². The molecule has 3 rings (SSSR count). The summed E-state index contributed by atoms with van der Waals surface area (Å²) in [5.41, 5.74) is 6.82. The number of alkyl halides is 2. The Morgan fingerprint density at radius 2 is 2.32 bits per heavy atom. The lowest BCUT2D eigenvalue weighted by molar-refractivity contribution is 0.122. The summed E-state index contributed by atoms with van der Waals surface area (Å²) in [6.45, 7) is 0.623. The molecule has 0 aromatic carbocycles. The lowest BCUT2D eigenvalue weighted by atomic mass is 9.95. The predicted octanol–water partition coefficient (Wildman–Crippen LogP) is 1.93. The molecule has 1 fully saturated rings. The number of nitrogens with zero attached hydrogens (tertiary/aromatic N) is 5. The molecule has 1 aliphatic rings. The van der Waals surface area contributed by atoms with Gasteiger partial charge in [-0.25, -0.2) is 23.5 Å². The van der Waals surface area contributed by atoms with E-state index in [-0.39, 0.29) is 17.9 Å². The Morgan fingerprint density at radius 1 is 1.48 bits per heavy atom. The standard InChI is InChI=1S/C15H19F2N7O/c16-13(17)9-24-8-11(6-20-24)21-15(25)23-5-1-2-10(7-23)12-3-4-19-14(18)22-12/h3-4,6,8,10,13H,1-2,5,7,9H2,(H,21,25)(H2,18,19,22). The number of carbonyl (C=O) groups is 1.